The van der Waals surface area contributed by atoms with E-state index in [0.717, 1.165) is 22.1 Å². The van der Waals surface area contributed by atoms with Crippen molar-refractivity contribution in [3.05, 3.63) is 34.5 Å². The van der Waals surface area contributed by atoms with E-state index >= 15 is 0 Å². The highest BCUT2D eigenvalue weighted by atomic mass is 16.1. The van der Waals surface area contributed by atoms with Crippen LogP contribution < -0.4 is 5.56 Å². The van der Waals surface area contributed by atoms with Gasteiger partial charge in [0.15, 0.2) is 0 Å². The van der Waals surface area contributed by atoms with Crippen molar-refractivity contribution in [2.45, 2.75) is 39.7 Å². The van der Waals surface area contributed by atoms with Crippen LogP contribution in [-0.4, -0.2) is 19.5 Å². The van der Waals surface area contributed by atoms with Crippen LogP contribution in [0, 0.1) is 0 Å². The summed E-state index contributed by atoms with van der Waals surface area (Å²) >= 11 is 0. The van der Waals surface area contributed by atoms with E-state index in [1.165, 1.54) is 0 Å². The second kappa shape index (κ2) is 4.44. The largest absolute Gasteiger partial charge is 0.328 e. The van der Waals surface area contributed by atoms with Gasteiger partial charge in [0.2, 0.25) is 0 Å². The highest BCUT2D eigenvalue weighted by molar-refractivity contribution is 5.91. The zero-order chi connectivity index (χ0) is 14.4. The van der Waals surface area contributed by atoms with Crippen LogP contribution in [-0.2, 0) is 0 Å². The van der Waals surface area contributed by atoms with Gasteiger partial charge in [0.1, 0.15) is 5.69 Å². The zero-order valence-corrected chi connectivity index (χ0v) is 12.1. The molecule has 0 atom stereocenters. The number of aromatic nitrogens is 4. The van der Waals surface area contributed by atoms with Gasteiger partial charge in [0.05, 0.1) is 28.4 Å². The second-order valence-corrected chi connectivity index (χ2v) is 5.71. The Kier molecular flexibility index (Phi) is 2.85. The van der Waals surface area contributed by atoms with E-state index in [4.69, 9.17) is 0 Å². The van der Waals surface area contributed by atoms with Gasteiger partial charge in [-0.25, -0.2) is 9.97 Å². The molecule has 1 N–H and O–H groups in total. The van der Waals surface area contributed by atoms with Crippen LogP contribution in [0.4, 0.5) is 0 Å². The molecule has 0 fully saturated rings. The summed E-state index contributed by atoms with van der Waals surface area (Å²) in [4.78, 5) is 23.8. The molecule has 0 aliphatic carbocycles. The van der Waals surface area contributed by atoms with Gasteiger partial charge in [0, 0.05) is 12.0 Å². The smallest absolute Gasteiger partial charge is 0.270 e. The van der Waals surface area contributed by atoms with E-state index in [2.05, 4.69) is 33.4 Å². The van der Waals surface area contributed by atoms with Crippen LogP contribution >= 0.6 is 0 Å². The standard InChI is InChI=1S/C15H18N4O/c1-8(2)14-15(20)18-10-5-12-13(6-11(10)17-14)19(7-16-12)9(3)4/h5-9H,1-4H3,(H,18,20). The molecule has 0 aliphatic heterocycles. The van der Waals surface area contributed by atoms with Gasteiger partial charge in [-0.05, 0) is 26.0 Å². The van der Waals surface area contributed by atoms with Crippen molar-refractivity contribution in [1.82, 2.24) is 19.5 Å². The third kappa shape index (κ3) is 1.90. The molecule has 104 valence electrons. The quantitative estimate of drug-likeness (QED) is 0.778. The fraction of sp³-hybridized carbons (Fsp3) is 0.400. The Labute approximate surface area is 116 Å². The molecule has 0 saturated heterocycles. The summed E-state index contributed by atoms with van der Waals surface area (Å²) in [5.41, 5.74) is 3.93. The molecule has 0 bridgehead atoms. The Morgan fingerprint density at radius 1 is 1.15 bits per heavy atom. The molecule has 20 heavy (non-hydrogen) atoms. The van der Waals surface area contributed by atoms with E-state index in [-0.39, 0.29) is 11.5 Å². The number of hydrogen-bond donors (Lipinski definition) is 1. The van der Waals surface area contributed by atoms with E-state index in [1.54, 1.807) is 0 Å². The highest BCUT2D eigenvalue weighted by Gasteiger charge is 2.12. The highest BCUT2D eigenvalue weighted by Crippen LogP contribution is 2.22. The maximum absolute atomic E-state index is 12.0. The molecule has 2 heterocycles. The molecule has 5 heteroatoms. The van der Waals surface area contributed by atoms with Crippen molar-refractivity contribution in [2.75, 3.05) is 0 Å². The summed E-state index contributed by atoms with van der Waals surface area (Å²) in [5.74, 6) is 0.105. The van der Waals surface area contributed by atoms with Crippen LogP contribution in [0.25, 0.3) is 22.1 Å². The van der Waals surface area contributed by atoms with Crippen LogP contribution in [0.15, 0.2) is 23.3 Å². The molecule has 0 aliphatic rings. The third-order valence-corrected chi connectivity index (χ3v) is 3.52. The van der Waals surface area contributed by atoms with E-state index in [0.29, 0.717) is 11.7 Å². The van der Waals surface area contributed by atoms with Crippen molar-refractivity contribution in [3.63, 3.8) is 0 Å². The summed E-state index contributed by atoms with van der Waals surface area (Å²) in [6, 6.07) is 4.23. The van der Waals surface area contributed by atoms with Crippen molar-refractivity contribution < 1.29 is 0 Å². The minimum Gasteiger partial charge on any atom is -0.328 e. The van der Waals surface area contributed by atoms with Gasteiger partial charge in [-0.1, -0.05) is 13.8 Å². The molecular weight excluding hydrogens is 252 g/mol. The third-order valence-electron chi connectivity index (χ3n) is 3.52. The second-order valence-electron chi connectivity index (χ2n) is 5.71. The lowest BCUT2D eigenvalue weighted by Gasteiger charge is -2.09. The average molecular weight is 270 g/mol. The lowest BCUT2D eigenvalue weighted by Crippen LogP contribution is -2.16. The SMILES string of the molecule is CC(C)c1nc2cc3c(cc2[nH]c1=O)ncn3C(C)C. The maximum Gasteiger partial charge on any atom is 0.270 e. The van der Waals surface area contributed by atoms with E-state index in [9.17, 15) is 4.79 Å². The molecule has 0 spiro atoms. The van der Waals surface area contributed by atoms with Crippen LogP contribution in [0.1, 0.15) is 45.3 Å². The van der Waals surface area contributed by atoms with Gasteiger partial charge in [-0.2, -0.15) is 0 Å². The fourth-order valence-corrected chi connectivity index (χ4v) is 2.42. The topological polar surface area (TPSA) is 63.6 Å². The molecule has 5 nitrogen and oxygen atoms in total. The molecule has 2 aromatic heterocycles. The first-order chi connectivity index (χ1) is 9.47. The monoisotopic (exact) mass is 270 g/mol. The number of hydrogen-bond acceptors (Lipinski definition) is 3. The maximum atomic E-state index is 12.0. The molecule has 1 aromatic carbocycles. The Morgan fingerprint density at radius 3 is 2.55 bits per heavy atom. The van der Waals surface area contributed by atoms with E-state index in [1.807, 2.05) is 32.3 Å². The lowest BCUT2D eigenvalue weighted by atomic mass is 10.1. The molecule has 0 amide bonds. The minimum absolute atomic E-state index is 0.105. The summed E-state index contributed by atoms with van der Waals surface area (Å²) in [6.07, 6.45) is 1.83. The number of fused-ring (bicyclic) bond motifs is 2. The summed E-state index contributed by atoms with van der Waals surface area (Å²) in [7, 11) is 0. The molecule has 0 unspecified atom stereocenters. The van der Waals surface area contributed by atoms with Gasteiger partial charge in [0.25, 0.3) is 5.56 Å². The number of rotatable bonds is 2. The van der Waals surface area contributed by atoms with Crippen LogP contribution in [0.5, 0.6) is 0 Å². The first-order valence-corrected chi connectivity index (χ1v) is 6.88. The van der Waals surface area contributed by atoms with Crippen molar-refractivity contribution in [2.24, 2.45) is 0 Å². The zero-order valence-electron chi connectivity index (χ0n) is 12.1. The lowest BCUT2D eigenvalue weighted by molar-refractivity contribution is 0.617. The van der Waals surface area contributed by atoms with Crippen molar-refractivity contribution in [3.8, 4) is 0 Å². The molecule has 0 saturated carbocycles. The number of benzene rings is 1. The number of H-pyrrole nitrogens is 1. The minimum atomic E-state index is -0.116. The summed E-state index contributed by atoms with van der Waals surface area (Å²) in [5, 5.41) is 0. The summed E-state index contributed by atoms with van der Waals surface area (Å²) < 4.78 is 2.11. The van der Waals surface area contributed by atoms with Crippen LogP contribution in [0.2, 0.25) is 0 Å². The number of aromatic amines is 1. The number of nitrogens with one attached hydrogen (secondary N) is 1. The van der Waals surface area contributed by atoms with Crippen molar-refractivity contribution in [1.29, 1.82) is 0 Å². The van der Waals surface area contributed by atoms with Crippen LogP contribution in [0.3, 0.4) is 0 Å². The number of imidazole rings is 1. The van der Waals surface area contributed by atoms with Gasteiger partial charge in [-0.15, -0.1) is 0 Å². The first-order valence-electron chi connectivity index (χ1n) is 6.88. The van der Waals surface area contributed by atoms with Crippen molar-refractivity contribution >= 4 is 22.1 Å². The predicted molar refractivity (Wildman–Crippen MR) is 80.1 cm³/mol. The Bertz CT molecular complexity index is 842. The number of nitrogens with zero attached hydrogens (tertiary/aromatic N) is 3. The Morgan fingerprint density at radius 2 is 1.90 bits per heavy atom. The van der Waals surface area contributed by atoms with Gasteiger partial charge >= 0.3 is 0 Å². The fourth-order valence-electron chi connectivity index (χ4n) is 2.42. The molecule has 3 rings (SSSR count). The van der Waals surface area contributed by atoms with E-state index < -0.39 is 0 Å². The first kappa shape index (κ1) is 12.8. The average Bonchev–Trinajstić information content (AvgIpc) is 2.77. The van der Waals surface area contributed by atoms with Gasteiger partial charge in [-0.3, -0.25) is 4.79 Å². The molecule has 3 aromatic rings. The molecular formula is C15H18N4O. The Balaban J connectivity index is 2.35. The Hall–Kier alpha value is -2.17. The predicted octanol–water partition coefficient (Wildman–Crippen LogP) is 2.98. The summed E-state index contributed by atoms with van der Waals surface area (Å²) in [6.45, 7) is 8.18. The normalized spacial score (nSPS) is 12.1. The molecule has 0 radical (unpaired) electrons. The van der Waals surface area contributed by atoms with Gasteiger partial charge < -0.3 is 9.55 Å².